The molecule has 0 aromatic heterocycles. The van der Waals surface area contributed by atoms with E-state index in [1.54, 1.807) is 14.2 Å². The third-order valence-electron chi connectivity index (χ3n) is 7.82. The summed E-state index contributed by atoms with van der Waals surface area (Å²) in [5.41, 5.74) is 1.31. The first-order valence-electron chi connectivity index (χ1n) is 11.3. The summed E-state index contributed by atoms with van der Waals surface area (Å²) >= 11 is 0. The quantitative estimate of drug-likeness (QED) is 0.702. The van der Waals surface area contributed by atoms with Crippen LogP contribution in [0.25, 0.3) is 0 Å². The van der Waals surface area contributed by atoms with Crippen LogP contribution in [0.15, 0.2) is 18.2 Å². The summed E-state index contributed by atoms with van der Waals surface area (Å²) < 4.78 is 10.7. The Kier molecular flexibility index (Phi) is 5.78. The number of likely N-dealkylation sites (N-methyl/N-ethyl adjacent to an activating group) is 1. The van der Waals surface area contributed by atoms with Crippen molar-refractivity contribution in [2.75, 3.05) is 27.8 Å². The van der Waals surface area contributed by atoms with Gasteiger partial charge in [0.05, 0.1) is 27.8 Å². The van der Waals surface area contributed by atoms with Gasteiger partial charge in [-0.15, -0.1) is 0 Å². The van der Waals surface area contributed by atoms with E-state index in [2.05, 4.69) is 25.4 Å². The van der Waals surface area contributed by atoms with E-state index in [4.69, 9.17) is 9.47 Å². The average Bonchev–Trinajstić information content (AvgIpc) is 2.69. The maximum Gasteiger partial charge on any atom is 0.278 e. The first-order chi connectivity index (χ1) is 13.9. The summed E-state index contributed by atoms with van der Waals surface area (Å²) in [5, 5.41) is 3.54. The predicted octanol–water partition coefficient (Wildman–Crippen LogP) is 2.23. The SMILES string of the molecule is COc1ccc(CC[NH+](C)[C@H](C)C(=O)NC23CC4CC(CC(C4)C2)C3)cc1OC. The van der Waals surface area contributed by atoms with Crippen molar-refractivity contribution in [2.45, 2.75) is 63.5 Å². The van der Waals surface area contributed by atoms with Crippen LogP contribution in [-0.2, 0) is 11.2 Å². The van der Waals surface area contributed by atoms with Crippen LogP contribution in [-0.4, -0.2) is 45.3 Å². The summed E-state index contributed by atoms with van der Waals surface area (Å²) in [7, 11) is 5.44. The van der Waals surface area contributed by atoms with Gasteiger partial charge in [-0.1, -0.05) is 6.07 Å². The van der Waals surface area contributed by atoms with Crippen molar-refractivity contribution in [3.05, 3.63) is 23.8 Å². The van der Waals surface area contributed by atoms with Crippen LogP contribution in [0.4, 0.5) is 0 Å². The fourth-order valence-corrected chi connectivity index (χ4v) is 6.45. The summed E-state index contributed by atoms with van der Waals surface area (Å²) in [5.74, 6) is 4.30. The van der Waals surface area contributed by atoms with Crippen molar-refractivity contribution in [1.82, 2.24) is 5.32 Å². The Labute approximate surface area is 175 Å². The summed E-state index contributed by atoms with van der Waals surface area (Å²) in [6, 6.07) is 6.02. The van der Waals surface area contributed by atoms with Crippen LogP contribution in [0.2, 0.25) is 0 Å². The Hall–Kier alpha value is -1.75. The molecular formula is C24H37N2O3+. The van der Waals surface area contributed by atoms with Crippen LogP contribution in [0.5, 0.6) is 11.5 Å². The number of carbonyl (C=O) groups is 1. The zero-order valence-electron chi connectivity index (χ0n) is 18.4. The van der Waals surface area contributed by atoms with Gasteiger partial charge in [-0.2, -0.15) is 0 Å². The molecule has 4 fully saturated rings. The molecule has 4 aliphatic rings. The van der Waals surface area contributed by atoms with E-state index in [1.807, 2.05) is 12.1 Å². The van der Waals surface area contributed by atoms with Crippen LogP contribution in [0.3, 0.4) is 0 Å². The lowest BCUT2D eigenvalue weighted by atomic mass is 9.53. The second-order valence-electron chi connectivity index (χ2n) is 9.94. The number of methoxy groups -OCH3 is 2. The molecule has 1 unspecified atom stereocenters. The molecule has 1 amide bonds. The minimum absolute atomic E-state index is 0.0388. The first kappa shape index (κ1) is 20.5. The number of ether oxygens (including phenoxy) is 2. The maximum atomic E-state index is 13.1. The zero-order valence-corrected chi connectivity index (χ0v) is 18.4. The number of benzene rings is 1. The van der Waals surface area contributed by atoms with Crippen molar-refractivity contribution in [2.24, 2.45) is 17.8 Å². The van der Waals surface area contributed by atoms with E-state index in [1.165, 1.54) is 49.0 Å². The molecule has 4 bridgehead atoms. The Bertz CT molecular complexity index is 712. The number of nitrogens with one attached hydrogen (secondary N) is 2. The molecule has 0 aliphatic heterocycles. The Morgan fingerprint density at radius 1 is 1.10 bits per heavy atom. The Balaban J connectivity index is 1.32. The highest BCUT2D eigenvalue weighted by Crippen LogP contribution is 2.55. The smallest absolute Gasteiger partial charge is 0.278 e. The third-order valence-corrected chi connectivity index (χ3v) is 7.82. The minimum atomic E-state index is -0.0388. The molecule has 0 saturated heterocycles. The van der Waals surface area contributed by atoms with Gasteiger partial charge in [0.2, 0.25) is 0 Å². The van der Waals surface area contributed by atoms with Gasteiger partial charge < -0.3 is 19.7 Å². The second kappa shape index (κ2) is 8.17. The fraction of sp³-hybridized carbons (Fsp3) is 0.708. The number of hydrogen-bond donors (Lipinski definition) is 2. The lowest BCUT2D eigenvalue weighted by Crippen LogP contribution is -3.14. The molecule has 4 saturated carbocycles. The highest BCUT2D eigenvalue weighted by molar-refractivity contribution is 5.80. The number of quaternary nitrogens is 1. The molecule has 1 aromatic carbocycles. The second-order valence-corrected chi connectivity index (χ2v) is 9.94. The van der Waals surface area contributed by atoms with Crippen molar-refractivity contribution < 1.29 is 19.2 Å². The van der Waals surface area contributed by atoms with Crippen molar-refractivity contribution >= 4 is 5.91 Å². The molecule has 0 radical (unpaired) electrons. The van der Waals surface area contributed by atoms with Crippen LogP contribution in [0.1, 0.15) is 51.0 Å². The standard InChI is InChI=1S/C24H36N2O3/c1-16(26(2)8-7-17-5-6-21(28-3)22(12-17)29-4)23(27)25-24-13-18-9-19(14-24)11-20(10-18)15-24/h5-6,12,16,18-20H,7-11,13-15H2,1-4H3,(H,25,27)/p+1/t16-,18?,19?,20?,24?/m1/s1. The largest absolute Gasteiger partial charge is 0.493 e. The van der Waals surface area contributed by atoms with E-state index < -0.39 is 0 Å². The summed E-state index contributed by atoms with van der Waals surface area (Å²) in [6.45, 7) is 2.98. The van der Waals surface area contributed by atoms with E-state index in [-0.39, 0.29) is 17.5 Å². The van der Waals surface area contributed by atoms with E-state index >= 15 is 0 Å². The minimum Gasteiger partial charge on any atom is -0.493 e. The highest BCUT2D eigenvalue weighted by atomic mass is 16.5. The van der Waals surface area contributed by atoms with Gasteiger partial charge in [0, 0.05) is 12.0 Å². The van der Waals surface area contributed by atoms with E-state index in [0.717, 1.165) is 42.2 Å². The Morgan fingerprint density at radius 2 is 1.69 bits per heavy atom. The topological polar surface area (TPSA) is 52.0 Å². The lowest BCUT2D eigenvalue weighted by molar-refractivity contribution is -0.894. The van der Waals surface area contributed by atoms with Crippen molar-refractivity contribution in [3.63, 3.8) is 0 Å². The average molecular weight is 402 g/mol. The molecular weight excluding hydrogens is 364 g/mol. The van der Waals surface area contributed by atoms with Gasteiger partial charge in [0.15, 0.2) is 17.5 Å². The molecule has 0 heterocycles. The van der Waals surface area contributed by atoms with Crippen LogP contribution < -0.4 is 19.7 Å². The van der Waals surface area contributed by atoms with Gasteiger partial charge in [0.25, 0.3) is 5.91 Å². The molecule has 5 nitrogen and oxygen atoms in total. The predicted molar refractivity (Wildman–Crippen MR) is 114 cm³/mol. The zero-order chi connectivity index (χ0) is 20.6. The summed E-state index contributed by atoms with van der Waals surface area (Å²) in [6.07, 6.45) is 8.75. The molecule has 4 aliphatic carbocycles. The molecule has 0 spiro atoms. The highest BCUT2D eigenvalue weighted by Gasteiger charge is 2.52. The number of rotatable bonds is 8. The number of carbonyl (C=O) groups excluding carboxylic acids is 1. The molecule has 2 N–H and O–H groups in total. The maximum absolute atomic E-state index is 13.1. The molecule has 2 atom stereocenters. The lowest BCUT2D eigenvalue weighted by Gasteiger charge is -2.57. The number of amides is 1. The number of hydrogen-bond acceptors (Lipinski definition) is 3. The van der Waals surface area contributed by atoms with Gasteiger partial charge in [-0.3, -0.25) is 4.79 Å². The van der Waals surface area contributed by atoms with Crippen LogP contribution in [0, 0.1) is 17.8 Å². The van der Waals surface area contributed by atoms with Crippen LogP contribution >= 0.6 is 0 Å². The van der Waals surface area contributed by atoms with Gasteiger partial charge >= 0.3 is 0 Å². The summed E-state index contributed by atoms with van der Waals surface area (Å²) in [4.78, 5) is 14.3. The fourth-order valence-electron chi connectivity index (χ4n) is 6.45. The van der Waals surface area contributed by atoms with E-state index in [9.17, 15) is 4.79 Å². The molecule has 1 aromatic rings. The van der Waals surface area contributed by atoms with E-state index in [0.29, 0.717) is 0 Å². The first-order valence-corrected chi connectivity index (χ1v) is 11.3. The van der Waals surface area contributed by atoms with Gasteiger partial charge in [-0.25, -0.2) is 0 Å². The molecule has 5 heteroatoms. The van der Waals surface area contributed by atoms with Gasteiger partial charge in [-0.05, 0) is 80.9 Å². The molecule has 160 valence electrons. The monoisotopic (exact) mass is 401 g/mol. The molecule has 5 rings (SSSR count). The Morgan fingerprint density at radius 3 is 2.24 bits per heavy atom. The van der Waals surface area contributed by atoms with Crippen molar-refractivity contribution in [1.29, 1.82) is 0 Å². The normalized spacial score (nSPS) is 31.9. The third kappa shape index (κ3) is 4.25. The molecule has 29 heavy (non-hydrogen) atoms. The van der Waals surface area contributed by atoms with Gasteiger partial charge in [0.1, 0.15) is 0 Å². The van der Waals surface area contributed by atoms with Crippen molar-refractivity contribution in [3.8, 4) is 11.5 Å².